The highest BCUT2D eigenvalue weighted by molar-refractivity contribution is 6.31. The van der Waals surface area contributed by atoms with Gasteiger partial charge in [-0.1, -0.05) is 17.7 Å². The minimum Gasteiger partial charge on any atom is -0.508 e. The SMILES string of the molecule is NC1CCC(c2c(O)cccc2Cl)C1. The standard InChI is InChI=1S/C11H14ClNO/c12-9-2-1-3-10(14)11(9)7-4-5-8(13)6-7/h1-3,7-8,14H,4-6,13H2. The van der Waals surface area contributed by atoms with Crippen molar-refractivity contribution < 1.29 is 5.11 Å². The summed E-state index contributed by atoms with van der Waals surface area (Å²) >= 11 is 6.06. The van der Waals surface area contributed by atoms with Crippen LogP contribution >= 0.6 is 11.6 Å². The van der Waals surface area contributed by atoms with Gasteiger partial charge in [0.25, 0.3) is 0 Å². The molecule has 1 saturated carbocycles. The lowest BCUT2D eigenvalue weighted by Gasteiger charge is -2.13. The van der Waals surface area contributed by atoms with Crippen LogP contribution in [0.25, 0.3) is 0 Å². The number of aromatic hydroxyl groups is 1. The number of nitrogens with two attached hydrogens (primary N) is 1. The number of benzene rings is 1. The summed E-state index contributed by atoms with van der Waals surface area (Å²) in [6.07, 6.45) is 2.98. The van der Waals surface area contributed by atoms with Gasteiger partial charge in [0.05, 0.1) is 0 Å². The van der Waals surface area contributed by atoms with Gasteiger partial charge in [0.2, 0.25) is 0 Å². The summed E-state index contributed by atoms with van der Waals surface area (Å²) in [6, 6.07) is 5.53. The summed E-state index contributed by atoms with van der Waals surface area (Å²) in [6.45, 7) is 0. The van der Waals surface area contributed by atoms with Crippen LogP contribution < -0.4 is 5.73 Å². The Labute approximate surface area is 88.7 Å². The lowest BCUT2D eigenvalue weighted by Crippen LogP contribution is -2.14. The summed E-state index contributed by atoms with van der Waals surface area (Å²) in [4.78, 5) is 0. The van der Waals surface area contributed by atoms with Crippen LogP contribution in [0.15, 0.2) is 18.2 Å². The third-order valence-electron chi connectivity index (χ3n) is 2.91. The molecule has 14 heavy (non-hydrogen) atoms. The van der Waals surface area contributed by atoms with Crippen LogP contribution in [0.1, 0.15) is 30.7 Å². The Hall–Kier alpha value is -0.730. The van der Waals surface area contributed by atoms with E-state index in [1.165, 1.54) is 0 Å². The molecule has 2 nitrogen and oxygen atoms in total. The molecule has 2 unspecified atom stereocenters. The zero-order chi connectivity index (χ0) is 10.1. The van der Waals surface area contributed by atoms with E-state index in [0.29, 0.717) is 16.7 Å². The lowest BCUT2D eigenvalue weighted by molar-refractivity contribution is 0.460. The summed E-state index contributed by atoms with van der Waals surface area (Å²) in [5, 5.41) is 10.4. The van der Waals surface area contributed by atoms with E-state index in [1.54, 1.807) is 12.1 Å². The van der Waals surface area contributed by atoms with Gasteiger partial charge >= 0.3 is 0 Å². The predicted molar refractivity (Wildman–Crippen MR) is 57.7 cm³/mol. The van der Waals surface area contributed by atoms with Gasteiger partial charge < -0.3 is 10.8 Å². The van der Waals surface area contributed by atoms with Gasteiger partial charge in [0.1, 0.15) is 5.75 Å². The predicted octanol–water partition coefficient (Wildman–Crippen LogP) is 2.64. The van der Waals surface area contributed by atoms with Crippen molar-refractivity contribution in [3.05, 3.63) is 28.8 Å². The highest BCUT2D eigenvalue weighted by Gasteiger charge is 2.26. The Morgan fingerprint density at radius 3 is 2.71 bits per heavy atom. The molecule has 3 heteroatoms. The van der Waals surface area contributed by atoms with E-state index in [-0.39, 0.29) is 6.04 Å². The minimum atomic E-state index is 0.260. The molecule has 1 fully saturated rings. The van der Waals surface area contributed by atoms with Crippen molar-refractivity contribution in [2.45, 2.75) is 31.2 Å². The topological polar surface area (TPSA) is 46.2 Å². The molecule has 1 aliphatic carbocycles. The fourth-order valence-electron chi connectivity index (χ4n) is 2.21. The van der Waals surface area contributed by atoms with E-state index in [2.05, 4.69) is 0 Å². The Morgan fingerprint density at radius 2 is 2.14 bits per heavy atom. The zero-order valence-corrected chi connectivity index (χ0v) is 8.67. The normalized spacial score (nSPS) is 26.7. The third-order valence-corrected chi connectivity index (χ3v) is 3.24. The highest BCUT2D eigenvalue weighted by atomic mass is 35.5. The van der Waals surface area contributed by atoms with Crippen molar-refractivity contribution in [3.63, 3.8) is 0 Å². The van der Waals surface area contributed by atoms with Crippen LogP contribution in [0.4, 0.5) is 0 Å². The first-order chi connectivity index (χ1) is 6.68. The molecule has 0 radical (unpaired) electrons. The van der Waals surface area contributed by atoms with E-state index < -0.39 is 0 Å². The number of hydrogen-bond donors (Lipinski definition) is 2. The molecule has 0 aliphatic heterocycles. The molecule has 0 heterocycles. The van der Waals surface area contributed by atoms with E-state index in [4.69, 9.17) is 17.3 Å². The summed E-state index contributed by atoms with van der Waals surface area (Å²) in [7, 11) is 0. The van der Waals surface area contributed by atoms with Gasteiger partial charge in [0, 0.05) is 16.6 Å². The molecule has 0 spiro atoms. The first kappa shape index (κ1) is 9.81. The van der Waals surface area contributed by atoms with Crippen LogP contribution in [-0.2, 0) is 0 Å². The minimum absolute atomic E-state index is 0.260. The molecule has 1 aliphatic rings. The van der Waals surface area contributed by atoms with Crippen molar-refractivity contribution >= 4 is 11.6 Å². The summed E-state index contributed by atoms with van der Waals surface area (Å²) < 4.78 is 0. The fourth-order valence-corrected chi connectivity index (χ4v) is 2.53. The molecule has 0 saturated heterocycles. The van der Waals surface area contributed by atoms with Gasteiger partial charge in [-0.2, -0.15) is 0 Å². The van der Waals surface area contributed by atoms with Crippen LogP contribution in [0, 0.1) is 0 Å². The average Bonchev–Trinajstić information content (AvgIpc) is 2.51. The van der Waals surface area contributed by atoms with Crippen LogP contribution in [0.5, 0.6) is 5.75 Å². The zero-order valence-electron chi connectivity index (χ0n) is 7.91. The number of halogens is 1. The number of rotatable bonds is 1. The molecule has 2 rings (SSSR count). The van der Waals surface area contributed by atoms with Crippen molar-refractivity contribution in [3.8, 4) is 5.75 Å². The Morgan fingerprint density at radius 1 is 1.36 bits per heavy atom. The molecular weight excluding hydrogens is 198 g/mol. The largest absolute Gasteiger partial charge is 0.508 e. The number of phenolic OH excluding ortho intramolecular Hbond substituents is 1. The fraction of sp³-hybridized carbons (Fsp3) is 0.455. The maximum Gasteiger partial charge on any atom is 0.120 e. The maximum absolute atomic E-state index is 9.71. The van der Waals surface area contributed by atoms with Gasteiger partial charge in [-0.25, -0.2) is 0 Å². The van der Waals surface area contributed by atoms with Gasteiger partial charge in [-0.15, -0.1) is 0 Å². The Kier molecular flexibility index (Phi) is 2.66. The Balaban J connectivity index is 2.31. The number of phenols is 1. The first-order valence-electron chi connectivity index (χ1n) is 4.91. The van der Waals surface area contributed by atoms with Crippen molar-refractivity contribution in [1.29, 1.82) is 0 Å². The molecule has 1 aromatic carbocycles. The van der Waals surface area contributed by atoms with Crippen LogP contribution in [0.2, 0.25) is 5.02 Å². The van der Waals surface area contributed by atoms with Crippen molar-refractivity contribution in [1.82, 2.24) is 0 Å². The molecule has 1 aromatic rings. The molecular formula is C11H14ClNO. The highest BCUT2D eigenvalue weighted by Crippen LogP contribution is 2.41. The van der Waals surface area contributed by atoms with Crippen molar-refractivity contribution in [2.75, 3.05) is 0 Å². The second-order valence-corrected chi connectivity index (χ2v) is 4.35. The number of hydrogen-bond acceptors (Lipinski definition) is 2. The van der Waals surface area contributed by atoms with E-state index in [9.17, 15) is 5.11 Å². The van der Waals surface area contributed by atoms with E-state index in [1.807, 2.05) is 6.07 Å². The third kappa shape index (κ3) is 1.72. The van der Waals surface area contributed by atoms with Crippen molar-refractivity contribution in [2.24, 2.45) is 5.73 Å². The second-order valence-electron chi connectivity index (χ2n) is 3.94. The second kappa shape index (κ2) is 3.79. The molecule has 0 bridgehead atoms. The molecule has 76 valence electrons. The maximum atomic E-state index is 9.71. The molecule has 0 amide bonds. The van der Waals surface area contributed by atoms with Gasteiger partial charge in [0.15, 0.2) is 0 Å². The van der Waals surface area contributed by atoms with Gasteiger partial charge in [-0.3, -0.25) is 0 Å². The quantitative estimate of drug-likeness (QED) is 0.750. The van der Waals surface area contributed by atoms with Crippen LogP contribution in [-0.4, -0.2) is 11.1 Å². The lowest BCUT2D eigenvalue weighted by atomic mass is 9.96. The molecule has 3 N–H and O–H groups in total. The Bertz CT molecular complexity index is 320. The molecule has 0 aromatic heterocycles. The van der Waals surface area contributed by atoms with Crippen LogP contribution in [0.3, 0.4) is 0 Å². The summed E-state index contributed by atoms with van der Waals surface area (Å²) in [5.74, 6) is 0.635. The first-order valence-corrected chi connectivity index (χ1v) is 5.29. The van der Waals surface area contributed by atoms with E-state index in [0.717, 1.165) is 24.8 Å². The smallest absolute Gasteiger partial charge is 0.120 e. The van der Waals surface area contributed by atoms with Gasteiger partial charge in [-0.05, 0) is 37.3 Å². The molecule has 2 atom stereocenters. The monoisotopic (exact) mass is 211 g/mol. The summed E-state index contributed by atoms with van der Waals surface area (Å²) in [5.41, 5.74) is 6.71. The van der Waals surface area contributed by atoms with E-state index >= 15 is 0 Å². The average molecular weight is 212 g/mol.